The summed E-state index contributed by atoms with van der Waals surface area (Å²) in [6, 6.07) is 5.51. The fourth-order valence-electron chi connectivity index (χ4n) is 1.39. The van der Waals surface area contributed by atoms with Crippen molar-refractivity contribution in [3.8, 4) is 5.75 Å². The number of ether oxygens (including phenoxy) is 1. The lowest BCUT2D eigenvalue weighted by atomic mass is 10.2. The smallest absolute Gasteiger partial charge is 0.387 e. The Bertz CT molecular complexity index is 395. The summed E-state index contributed by atoms with van der Waals surface area (Å²) in [6.45, 7) is -0.843. The van der Waals surface area contributed by atoms with Crippen molar-refractivity contribution in [3.63, 3.8) is 0 Å². The molecule has 1 unspecified atom stereocenters. The molecule has 0 amide bonds. The first-order valence-electron chi connectivity index (χ1n) is 5.37. The Morgan fingerprint density at radius 2 is 1.94 bits per heavy atom. The Hall–Kier alpha value is -1.69. The number of hydrogen-bond acceptors (Lipinski definition) is 3. The van der Waals surface area contributed by atoms with E-state index in [2.05, 4.69) is 4.74 Å². The summed E-state index contributed by atoms with van der Waals surface area (Å²) >= 11 is 0. The molecule has 18 heavy (non-hydrogen) atoms. The highest BCUT2D eigenvalue weighted by Crippen LogP contribution is 2.16. The van der Waals surface area contributed by atoms with Crippen LogP contribution in [0, 0.1) is 0 Å². The first-order chi connectivity index (χ1) is 8.40. The van der Waals surface area contributed by atoms with Crippen LogP contribution in [0.1, 0.15) is 12.5 Å². The highest BCUT2D eigenvalue weighted by Gasteiger charge is 2.16. The second-order valence-electron chi connectivity index (χ2n) is 3.95. The minimum atomic E-state index is -2.84. The van der Waals surface area contributed by atoms with Gasteiger partial charge in [0.1, 0.15) is 11.8 Å². The molecule has 1 rings (SSSR count). The highest BCUT2D eigenvalue weighted by atomic mass is 19.3. The third-order valence-electron chi connectivity index (χ3n) is 2.60. The number of nitrogens with zero attached hydrogens (tertiary/aromatic N) is 1. The van der Waals surface area contributed by atoms with E-state index in [1.807, 2.05) is 0 Å². The normalized spacial score (nSPS) is 12.8. The van der Waals surface area contributed by atoms with Gasteiger partial charge in [-0.15, -0.1) is 0 Å². The van der Waals surface area contributed by atoms with Gasteiger partial charge in [-0.25, -0.2) is 0 Å². The van der Waals surface area contributed by atoms with Gasteiger partial charge in [0.15, 0.2) is 0 Å². The molecular formula is C12H15F2NO3. The second-order valence-corrected chi connectivity index (χ2v) is 3.95. The predicted molar refractivity (Wildman–Crippen MR) is 61.6 cm³/mol. The van der Waals surface area contributed by atoms with Crippen molar-refractivity contribution in [2.24, 2.45) is 0 Å². The number of carboxylic acids is 1. The second kappa shape index (κ2) is 6.30. The number of rotatable bonds is 6. The molecule has 0 bridgehead atoms. The molecule has 0 aliphatic heterocycles. The van der Waals surface area contributed by atoms with Crippen molar-refractivity contribution in [1.29, 1.82) is 0 Å². The van der Waals surface area contributed by atoms with E-state index >= 15 is 0 Å². The van der Waals surface area contributed by atoms with Crippen LogP contribution < -0.4 is 4.74 Å². The molecule has 0 aliphatic carbocycles. The Morgan fingerprint density at radius 3 is 2.39 bits per heavy atom. The molecule has 0 spiro atoms. The molecular weight excluding hydrogens is 244 g/mol. The quantitative estimate of drug-likeness (QED) is 0.850. The van der Waals surface area contributed by atoms with Crippen molar-refractivity contribution < 1.29 is 23.4 Å². The number of aliphatic carboxylic acids is 1. The van der Waals surface area contributed by atoms with Gasteiger partial charge in [-0.2, -0.15) is 8.78 Å². The van der Waals surface area contributed by atoms with E-state index in [1.54, 1.807) is 31.0 Å². The van der Waals surface area contributed by atoms with Gasteiger partial charge in [0, 0.05) is 6.54 Å². The largest absolute Gasteiger partial charge is 0.480 e. The Kier molecular flexibility index (Phi) is 5.03. The third-order valence-corrected chi connectivity index (χ3v) is 2.60. The third kappa shape index (κ3) is 4.29. The summed E-state index contributed by atoms with van der Waals surface area (Å²) < 4.78 is 28.1. The average Bonchev–Trinajstić information content (AvgIpc) is 2.29. The summed E-state index contributed by atoms with van der Waals surface area (Å²) in [6.07, 6.45) is 0. The lowest BCUT2D eigenvalue weighted by molar-refractivity contribution is -0.142. The van der Waals surface area contributed by atoms with Crippen molar-refractivity contribution >= 4 is 5.97 Å². The summed E-state index contributed by atoms with van der Waals surface area (Å²) in [4.78, 5) is 12.4. The summed E-state index contributed by atoms with van der Waals surface area (Å²) in [7, 11) is 1.68. The molecule has 0 fully saturated rings. The van der Waals surface area contributed by atoms with E-state index in [1.165, 1.54) is 12.1 Å². The van der Waals surface area contributed by atoms with Crippen molar-refractivity contribution in [3.05, 3.63) is 29.8 Å². The Balaban J connectivity index is 2.60. The molecule has 4 nitrogen and oxygen atoms in total. The van der Waals surface area contributed by atoms with Crippen molar-refractivity contribution in [2.45, 2.75) is 26.1 Å². The zero-order chi connectivity index (χ0) is 13.7. The molecule has 100 valence electrons. The lowest BCUT2D eigenvalue weighted by Crippen LogP contribution is -2.35. The minimum Gasteiger partial charge on any atom is -0.480 e. The van der Waals surface area contributed by atoms with E-state index in [-0.39, 0.29) is 5.75 Å². The number of benzene rings is 1. The predicted octanol–water partition coefficient (Wildman–Crippen LogP) is 2.19. The van der Waals surface area contributed by atoms with E-state index in [9.17, 15) is 13.6 Å². The highest BCUT2D eigenvalue weighted by molar-refractivity contribution is 5.72. The molecule has 0 aliphatic rings. The molecule has 1 atom stereocenters. The zero-order valence-corrected chi connectivity index (χ0v) is 10.1. The van der Waals surface area contributed by atoms with E-state index in [0.717, 1.165) is 5.56 Å². The molecule has 0 heterocycles. The molecule has 6 heteroatoms. The van der Waals surface area contributed by atoms with Crippen LogP contribution in [0.15, 0.2) is 24.3 Å². The minimum absolute atomic E-state index is 0.0858. The molecule has 0 aromatic heterocycles. The maximum atomic E-state index is 11.9. The maximum absolute atomic E-state index is 11.9. The molecule has 0 saturated heterocycles. The molecule has 1 aromatic rings. The van der Waals surface area contributed by atoms with Gasteiger partial charge in [0.2, 0.25) is 0 Å². The topological polar surface area (TPSA) is 49.8 Å². The van der Waals surface area contributed by atoms with Crippen LogP contribution in [0.25, 0.3) is 0 Å². The Morgan fingerprint density at radius 1 is 1.39 bits per heavy atom. The molecule has 1 N–H and O–H groups in total. The number of halogens is 2. The number of alkyl halides is 2. The summed E-state index contributed by atoms with van der Waals surface area (Å²) in [5.74, 6) is -0.821. The number of likely N-dealkylation sites (N-methyl/N-ethyl adjacent to an activating group) is 1. The van der Waals surface area contributed by atoms with Crippen LogP contribution in [0.5, 0.6) is 5.75 Å². The molecule has 0 radical (unpaired) electrons. The summed E-state index contributed by atoms with van der Waals surface area (Å²) in [5, 5.41) is 8.83. The van der Waals surface area contributed by atoms with E-state index < -0.39 is 18.6 Å². The van der Waals surface area contributed by atoms with Crippen LogP contribution in [0.2, 0.25) is 0 Å². The van der Waals surface area contributed by atoms with Crippen LogP contribution >= 0.6 is 0 Å². The van der Waals surface area contributed by atoms with Crippen LogP contribution in [0.3, 0.4) is 0 Å². The van der Waals surface area contributed by atoms with Gasteiger partial charge in [0.05, 0.1) is 0 Å². The van der Waals surface area contributed by atoms with Gasteiger partial charge in [-0.1, -0.05) is 12.1 Å². The van der Waals surface area contributed by atoms with Crippen LogP contribution in [0.4, 0.5) is 8.78 Å². The molecule has 0 saturated carbocycles. The van der Waals surface area contributed by atoms with Gasteiger partial charge in [-0.05, 0) is 31.7 Å². The van der Waals surface area contributed by atoms with Gasteiger partial charge >= 0.3 is 12.6 Å². The monoisotopic (exact) mass is 259 g/mol. The summed E-state index contributed by atoms with van der Waals surface area (Å²) in [5.41, 5.74) is 0.826. The fraction of sp³-hybridized carbons (Fsp3) is 0.417. The van der Waals surface area contributed by atoms with Crippen LogP contribution in [-0.2, 0) is 11.3 Å². The van der Waals surface area contributed by atoms with Gasteiger partial charge in [-0.3, -0.25) is 9.69 Å². The standard InChI is InChI=1S/C12H15F2NO3/c1-8(11(16)17)15(2)7-9-3-5-10(6-4-9)18-12(13)14/h3-6,8,12H,7H2,1-2H3,(H,16,17). The SMILES string of the molecule is CC(C(=O)O)N(C)Cc1ccc(OC(F)F)cc1. The number of carbonyl (C=O) groups is 1. The Labute approximate surface area is 104 Å². The average molecular weight is 259 g/mol. The fourth-order valence-corrected chi connectivity index (χ4v) is 1.39. The zero-order valence-electron chi connectivity index (χ0n) is 10.1. The van der Waals surface area contributed by atoms with E-state index in [0.29, 0.717) is 6.54 Å². The van der Waals surface area contributed by atoms with Crippen LogP contribution in [-0.4, -0.2) is 35.7 Å². The molecule has 1 aromatic carbocycles. The number of hydrogen-bond donors (Lipinski definition) is 1. The van der Waals surface area contributed by atoms with Gasteiger partial charge < -0.3 is 9.84 Å². The number of carboxylic acid groups (broad SMARTS) is 1. The van der Waals surface area contributed by atoms with Crippen molar-refractivity contribution in [2.75, 3.05) is 7.05 Å². The lowest BCUT2D eigenvalue weighted by Gasteiger charge is -2.21. The van der Waals surface area contributed by atoms with Gasteiger partial charge in [0.25, 0.3) is 0 Å². The first-order valence-corrected chi connectivity index (χ1v) is 5.37. The maximum Gasteiger partial charge on any atom is 0.387 e. The van der Waals surface area contributed by atoms with Crippen molar-refractivity contribution in [1.82, 2.24) is 4.90 Å². The van der Waals surface area contributed by atoms with E-state index in [4.69, 9.17) is 5.11 Å². The first kappa shape index (κ1) is 14.4.